The number of carbonyl (C=O) groups excluding carboxylic acids is 1. The summed E-state index contributed by atoms with van der Waals surface area (Å²) in [5, 5.41) is 12.4. The summed E-state index contributed by atoms with van der Waals surface area (Å²) in [5.41, 5.74) is 0. The number of aliphatic carboxylic acids is 1. The summed E-state index contributed by atoms with van der Waals surface area (Å²) >= 11 is 0. The van der Waals surface area contributed by atoms with E-state index in [1.165, 1.54) is 0 Å². The average Bonchev–Trinajstić information content (AvgIpc) is 2.99. The number of hydrogen-bond acceptors (Lipinski definition) is 2. The number of fused-ring (bicyclic) bond motifs is 2. The van der Waals surface area contributed by atoms with Crippen molar-refractivity contribution >= 4 is 11.9 Å². The molecule has 4 heteroatoms. The second-order valence-electron chi connectivity index (χ2n) is 6.21. The number of carboxylic acid groups (broad SMARTS) is 1. The van der Waals surface area contributed by atoms with Gasteiger partial charge in [-0.05, 0) is 31.1 Å². The third-order valence-electron chi connectivity index (χ3n) is 5.17. The first-order chi connectivity index (χ1) is 9.49. The zero-order valence-electron chi connectivity index (χ0n) is 12.5. The molecule has 1 saturated carbocycles. The van der Waals surface area contributed by atoms with Crippen LogP contribution in [-0.2, 0) is 9.59 Å². The molecule has 1 fully saturated rings. The van der Waals surface area contributed by atoms with Crippen molar-refractivity contribution in [3.8, 4) is 0 Å². The monoisotopic (exact) mass is 279 g/mol. The predicted octanol–water partition coefficient (Wildman–Crippen LogP) is 2.45. The molecule has 2 N–H and O–H groups in total. The van der Waals surface area contributed by atoms with Crippen LogP contribution in [0.3, 0.4) is 0 Å². The molecule has 2 aliphatic carbocycles. The summed E-state index contributed by atoms with van der Waals surface area (Å²) < 4.78 is 0. The molecule has 4 nitrogen and oxygen atoms in total. The van der Waals surface area contributed by atoms with Gasteiger partial charge in [-0.15, -0.1) is 0 Å². The molecule has 0 aromatic rings. The van der Waals surface area contributed by atoms with Crippen LogP contribution < -0.4 is 5.32 Å². The van der Waals surface area contributed by atoms with Crippen molar-refractivity contribution in [2.24, 2.45) is 29.6 Å². The van der Waals surface area contributed by atoms with E-state index in [1.54, 1.807) is 0 Å². The summed E-state index contributed by atoms with van der Waals surface area (Å²) in [4.78, 5) is 23.9. The highest BCUT2D eigenvalue weighted by molar-refractivity contribution is 5.87. The van der Waals surface area contributed by atoms with Gasteiger partial charge in [0, 0.05) is 6.04 Å². The number of hydrogen-bond donors (Lipinski definition) is 2. The maximum absolute atomic E-state index is 12.5. The number of carbonyl (C=O) groups is 2. The van der Waals surface area contributed by atoms with Gasteiger partial charge >= 0.3 is 5.97 Å². The zero-order chi connectivity index (χ0) is 14.9. The molecule has 0 aromatic heterocycles. The Hall–Kier alpha value is -1.32. The van der Waals surface area contributed by atoms with Gasteiger partial charge in [0.15, 0.2) is 0 Å². The Kier molecular flexibility index (Phi) is 4.51. The lowest BCUT2D eigenvalue weighted by Crippen LogP contribution is -2.45. The van der Waals surface area contributed by atoms with Crippen LogP contribution in [0.1, 0.15) is 40.0 Å². The topological polar surface area (TPSA) is 66.4 Å². The maximum Gasteiger partial charge on any atom is 0.307 e. The normalized spacial score (nSPS) is 32.6. The summed E-state index contributed by atoms with van der Waals surface area (Å²) in [6.07, 6.45) is 6.86. The number of carboxylic acids is 1. The van der Waals surface area contributed by atoms with Crippen molar-refractivity contribution in [1.29, 1.82) is 0 Å². The summed E-state index contributed by atoms with van der Waals surface area (Å²) in [6, 6.07) is 0.107. The van der Waals surface area contributed by atoms with E-state index in [2.05, 4.69) is 19.2 Å². The van der Waals surface area contributed by atoms with Crippen molar-refractivity contribution in [3.05, 3.63) is 12.2 Å². The summed E-state index contributed by atoms with van der Waals surface area (Å²) in [5.74, 6) is -1.24. The molecular weight excluding hydrogens is 254 g/mol. The highest BCUT2D eigenvalue weighted by atomic mass is 16.4. The fourth-order valence-electron chi connectivity index (χ4n) is 3.95. The van der Waals surface area contributed by atoms with Crippen LogP contribution in [0.15, 0.2) is 12.2 Å². The van der Waals surface area contributed by atoms with Gasteiger partial charge in [0.1, 0.15) is 0 Å². The number of allylic oxidation sites excluding steroid dienone is 2. The predicted molar refractivity (Wildman–Crippen MR) is 77.0 cm³/mol. The summed E-state index contributed by atoms with van der Waals surface area (Å²) in [7, 11) is 0. The molecule has 2 aliphatic rings. The average molecular weight is 279 g/mol. The fourth-order valence-corrected chi connectivity index (χ4v) is 3.95. The second-order valence-corrected chi connectivity index (χ2v) is 6.21. The molecule has 112 valence electrons. The first-order valence-corrected chi connectivity index (χ1v) is 7.71. The minimum absolute atomic E-state index is 0.0386. The third-order valence-corrected chi connectivity index (χ3v) is 5.17. The highest BCUT2D eigenvalue weighted by Crippen LogP contribution is 2.48. The number of rotatable bonds is 6. The largest absolute Gasteiger partial charge is 0.481 e. The molecule has 5 atom stereocenters. The highest BCUT2D eigenvalue weighted by Gasteiger charge is 2.51. The minimum Gasteiger partial charge on any atom is -0.481 e. The Morgan fingerprint density at radius 3 is 2.25 bits per heavy atom. The van der Waals surface area contributed by atoms with Crippen molar-refractivity contribution in [3.63, 3.8) is 0 Å². The van der Waals surface area contributed by atoms with Crippen LogP contribution >= 0.6 is 0 Å². The van der Waals surface area contributed by atoms with E-state index >= 15 is 0 Å². The van der Waals surface area contributed by atoms with Gasteiger partial charge in [-0.1, -0.05) is 38.8 Å². The van der Waals surface area contributed by atoms with Gasteiger partial charge in [-0.3, -0.25) is 9.59 Å². The van der Waals surface area contributed by atoms with Crippen LogP contribution in [0.4, 0.5) is 0 Å². The van der Waals surface area contributed by atoms with Crippen molar-refractivity contribution in [2.75, 3.05) is 0 Å². The minimum atomic E-state index is -0.836. The van der Waals surface area contributed by atoms with Gasteiger partial charge in [0.25, 0.3) is 0 Å². The van der Waals surface area contributed by atoms with E-state index in [9.17, 15) is 14.7 Å². The maximum atomic E-state index is 12.5. The van der Waals surface area contributed by atoms with E-state index in [0.29, 0.717) is 5.92 Å². The fraction of sp³-hybridized carbons (Fsp3) is 0.750. The first-order valence-electron chi connectivity index (χ1n) is 7.71. The van der Waals surface area contributed by atoms with E-state index in [1.807, 2.05) is 19.1 Å². The molecular formula is C16H25NO3. The van der Waals surface area contributed by atoms with Crippen molar-refractivity contribution < 1.29 is 14.7 Å². The number of amides is 1. The third kappa shape index (κ3) is 2.60. The zero-order valence-corrected chi connectivity index (χ0v) is 12.5. The van der Waals surface area contributed by atoms with Gasteiger partial charge in [0.2, 0.25) is 5.91 Å². The Morgan fingerprint density at radius 2 is 1.75 bits per heavy atom. The molecule has 0 saturated heterocycles. The van der Waals surface area contributed by atoms with Crippen LogP contribution in [0.25, 0.3) is 0 Å². The molecule has 2 bridgehead atoms. The lowest BCUT2D eigenvalue weighted by Gasteiger charge is -2.28. The van der Waals surface area contributed by atoms with Crippen LogP contribution in [0.5, 0.6) is 0 Å². The Labute approximate surface area is 120 Å². The van der Waals surface area contributed by atoms with Gasteiger partial charge in [-0.25, -0.2) is 0 Å². The Bertz CT molecular complexity index is 414. The molecule has 0 spiro atoms. The lowest BCUT2D eigenvalue weighted by molar-refractivity contribution is -0.148. The molecule has 20 heavy (non-hydrogen) atoms. The molecule has 2 rings (SSSR count). The molecule has 0 aliphatic heterocycles. The quantitative estimate of drug-likeness (QED) is 0.734. The van der Waals surface area contributed by atoms with Crippen LogP contribution in [-0.4, -0.2) is 23.0 Å². The van der Waals surface area contributed by atoms with E-state index in [0.717, 1.165) is 19.3 Å². The lowest BCUT2D eigenvalue weighted by atomic mass is 9.82. The molecule has 0 aromatic carbocycles. The Morgan fingerprint density at radius 1 is 1.20 bits per heavy atom. The molecule has 0 radical (unpaired) electrons. The SMILES string of the molecule is CCC(CC)C(C)NC(=O)C1C2C=CC(C2)C1C(=O)O. The molecule has 0 heterocycles. The van der Waals surface area contributed by atoms with Crippen LogP contribution in [0.2, 0.25) is 0 Å². The van der Waals surface area contributed by atoms with E-state index in [-0.39, 0.29) is 29.7 Å². The second kappa shape index (κ2) is 5.98. The Balaban J connectivity index is 2.05. The molecule has 1 amide bonds. The van der Waals surface area contributed by atoms with Crippen molar-refractivity contribution in [1.82, 2.24) is 5.32 Å². The summed E-state index contributed by atoms with van der Waals surface area (Å²) in [6.45, 7) is 6.27. The van der Waals surface area contributed by atoms with Gasteiger partial charge in [0.05, 0.1) is 11.8 Å². The van der Waals surface area contributed by atoms with E-state index < -0.39 is 11.9 Å². The standard InChI is InChI=1S/C16H25NO3/c1-4-10(5-2)9(3)17-15(18)13-11-6-7-12(8-11)14(13)16(19)20/h6-7,9-14H,4-5,8H2,1-3H3,(H,17,18)(H,19,20). The van der Waals surface area contributed by atoms with E-state index in [4.69, 9.17) is 0 Å². The first kappa shape index (κ1) is 15.1. The number of nitrogens with one attached hydrogen (secondary N) is 1. The van der Waals surface area contributed by atoms with Crippen molar-refractivity contribution in [2.45, 2.75) is 46.1 Å². The van der Waals surface area contributed by atoms with Gasteiger partial charge in [-0.2, -0.15) is 0 Å². The molecule has 5 unspecified atom stereocenters. The smallest absolute Gasteiger partial charge is 0.307 e. The van der Waals surface area contributed by atoms with Gasteiger partial charge < -0.3 is 10.4 Å². The van der Waals surface area contributed by atoms with Crippen LogP contribution in [0, 0.1) is 29.6 Å².